The number of likely N-dealkylation sites (N-methyl/N-ethyl adjacent to an activating group) is 1. The van der Waals surface area contributed by atoms with E-state index in [0.29, 0.717) is 12.0 Å². The van der Waals surface area contributed by atoms with Gasteiger partial charge in [-0.2, -0.15) is 0 Å². The Kier molecular flexibility index (Phi) is 4.39. The van der Waals surface area contributed by atoms with Crippen LogP contribution in [-0.4, -0.2) is 7.05 Å². The van der Waals surface area contributed by atoms with E-state index in [2.05, 4.69) is 5.32 Å². The van der Waals surface area contributed by atoms with Gasteiger partial charge in [0.05, 0.1) is 0 Å². The smallest absolute Gasteiger partial charge is 0.194 e. The molecule has 2 aromatic carbocycles. The first-order valence-corrected chi connectivity index (χ1v) is 6.07. The van der Waals surface area contributed by atoms with Crippen LogP contribution in [0.2, 0.25) is 0 Å². The third-order valence-corrected chi connectivity index (χ3v) is 3.09. The molecule has 106 valence electrons. The lowest BCUT2D eigenvalue weighted by Crippen LogP contribution is -2.19. The van der Waals surface area contributed by atoms with E-state index in [-0.39, 0.29) is 11.4 Å². The summed E-state index contributed by atoms with van der Waals surface area (Å²) in [6, 6.07) is 7.38. The monoisotopic (exact) mass is 283 g/mol. The zero-order valence-corrected chi connectivity index (χ0v) is 10.8. The third kappa shape index (κ3) is 3.17. The van der Waals surface area contributed by atoms with Gasteiger partial charge in [-0.05, 0) is 48.9 Å². The quantitative estimate of drug-likeness (QED) is 0.665. The second kappa shape index (κ2) is 6.05. The second-order valence-corrected chi connectivity index (χ2v) is 4.47. The molecule has 0 fully saturated rings. The fourth-order valence-electron chi connectivity index (χ4n) is 2.06. The number of benzene rings is 2. The van der Waals surface area contributed by atoms with E-state index in [4.69, 9.17) is 0 Å². The largest absolute Gasteiger partial charge is 0.313 e. The van der Waals surface area contributed by atoms with Crippen molar-refractivity contribution in [2.24, 2.45) is 0 Å². The summed E-state index contributed by atoms with van der Waals surface area (Å²) in [6.45, 7) is 0. The van der Waals surface area contributed by atoms with Crippen LogP contribution in [0.25, 0.3) is 0 Å². The van der Waals surface area contributed by atoms with Crippen molar-refractivity contribution in [1.82, 2.24) is 5.32 Å². The minimum atomic E-state index is -1.49. The highest BCUT2D eigenvalue weighted by Gasteiger charge is 2.16. The molecule has 1 unspecified atom stereocenters. The molecule has 5 heteroatoms. The van der Waals surface area contributed by atoms with Gasteiger partial charge in [0.15, 0.2) is 17.5 Å². The van der Waals surface area contributed by atoms with Gasteiger partial charge >= 0.3 is 0 Å². The van der Waals surface area contributed by atoms with Crippen molar-refractivity contribution in [2.45, 2.75) is 12.5 Å². The summed E-state index contributed by atoms with van der Waals surface area (Å²) in [7, 11) is 1.61. The maximum Gasteiger partial charge on any atom is 0.194 e. The fourth-order valence-corrected chi connectivity index (χ4v) is 2.06. The van der Waals surface area contributed by atoms with Crippen LogP contribution in [0.5, 0.6) is 0 Å². The predicted molar refractivity (Wildman–Crippen MR) is 68.2 cm³/mol. The zero-order chi connectivity index (χ0) is 14.7. The first kappa shape index (κ1) is 14.5. The lowest BCUT2D eigenvalue weighted by Gasteiger charge is -2.17. The summed E-state index contributed by atoms with van der Waals surface area (Å²) in [5.41, 5.74) is 0.947. The zero-order valence-electron chi connectivity index (χ0n) is 10.8. The molecule has 0 saturated carbocycles. The average Bonchev–Trinajstić information content (AvgIpc) is 2.41. The SMILES string of the molecule is CNC(Cc1cccc(F)c1)c1cc(F)c(F)c(F)c1. The van der Waals surface area contributed by atoms with Crippen LogP contribution in [-0.2, 0) is 6.42 Å². The standard InChI is InChI=1S/C15H13F4N/c1-20-14(6-9-3-2-4-11(16)5-9)10-7-12(17)15(19)13(18)8-10/h2-5,7-8,14,20H,6H2,1H3. The Hall–Kier alpha value is -1.88. The van der Waals surface area contributed by atoms with E-state index in [1.54, 1.807) is 19.2 Å². The molecule has 0 heterocycles. The summed E-state index contributed by atoms with van der Waals surface area (Å²) in [5, 5.41) is 2.88. The van der Waals surface area contributed by atoms with Gasteiger partial charge in [0.2, 0.25) is 0 Å². The van der Waals surface area contributed by atoms with Crippen LogP contribution in [0.15, 0.2) is 36.4 Å². The van der Waals surface area contributed by atoms with Crippen LogP contribution in [0.1, 0.15) is 17.2 Å². The van der Waals surface area contributed by atoms with E-state index in [1.807, 2.05) is 0 Å². The minimum absolute atomic E-state index is 0.271. The minimum Gasteiger partial charge on any atom is -0.313 e. The van der Waals surface area contributed by atoms with Crippen molar-refractivity contribution >= 4 is 0 Å². The van der Waals surface area contributed by atoms with Gasteiger partial charge in [0, 0.05) is 6.04 Å². The van der Waals surface area contributed by atoms with Crippen molar-refractivity contribution in [1.29, 1.82) is 0 Å². The summed E-state index contributed by atoms with van der Waals surface area (Å²) >= 11 is 0. The van der Waals surface area contributed by atoms with Crippen molar-refractivity contribution in [3.63, 3.8) is 0 Å². The Morgan fingerprint density at radius 2 is 1.65 bits per heavy atom. The number of rotatable bonds is 4. The molecule has 1 N–H and O–H groups in total. The van der Waals surface area contributed by atoms with E-state index >= 15 is 0 Å². The third-order valence-electron chi connectivity index (χ3n) is 3.09. The Balaban J connectivity index is 2.29. The van der Waals surface area contributed by atoms with Crippen molar-refractivity contribution in [3.05, 3.63) is 70.8 Å². The molecule has 0 saturated heterocycles. The molecule has 2 aromatic rings. The Labute approximate surface area is 114 Å². The molecule has 20 heavy (non-hydrogen) atoms. The second-order valence-electron chi connectivity index (χ2n) is 4.47. The van der Waals surface area contributed by atoms with Crippen molar-refractivity contribution in [2.75, 3.05) is 7.05 Å². The molecule has 0 radical (unpaired) electrons. The molecule has 0 aromatic heterocycles. The molecule has 0 bridgehead atoms. The first-order valence-electron chi connectivity index (χ1n) is 6.07. The lowest BCUT2D eigenvalue weighted by molar-refractivity contribution is 0.441. The van der Waals surface area contributed by atoms with Gasteiger partial charge in [0.1, 0.15) is 5.82 Å². The molecular weight excluding hydrogens is 270 g/mol. The van der Waals surface area contributed by atoms with Gasteiger partial charge in [-0.1, -0.05) is 12.1 Å². The molecule has 0 aliphatic carbocycles. The first-order chi connectivity index (χ1) is 9.51. The van der Waals surface area contributed by atoms with Gasteiger partial charge < -0.3 is 5.32 Å². The van der Waals surface area contributed by atoms with E-state index in [9.17, 15) is 17.6 Å². The summed E-state index contributed by atoms with van der Waals surface area (Å²) in [6.07, 6.45) is 0.332. The van der Waals surface area contributed by atoms with Gasteiger partial charge in [0.25, 0.3) is 0 Å². The average molecular weight is 283 g/mol. The molecule has 1 atom stereocenters. The highest BCUT2D eigenvalue weighted by Crippen LogP contribution is 2.22. The van der Waals surface area contributed by atoms with Crippen LogP contribution >= 0.6 is 0 Å². The molecule has 2 rings (SSSR count). The maximum absolute atomic E-state index is 13.2. The highest BCUT2D eigenvalue weighted by molar-refractivity contribution is 5.26. The summed E-state index contributed by atoms with van der Waals surface area (Å²) < 4.78 is 52.5. The van der Waals surface area contributed by atoms with Crippen molar-refractivity contribution in [3.8, 4) is 0 Å². The fraction of sp³-hybridized carbons (Fsp3) is 0.200. The number of nitrogens with one attached hydrogen (secondary N) is 1. The predicted octanol–water partition coefficient (Wildman–Crippen LogP) is 3.75. The van der Waals surface area contributed by atoms with Crippen LogP contribution in [0, 0.1) is 23.3 Å². The molecule has 0 aliphatic rings. The molecule has 0 spiro atoms. The number of hydrogen-bond donors (Lipinski definition) is 1. The Bertz CT molecular complexity index is 590. The van der Waals surface area contributed by atoms with Gasteiger partial charge in [-0.25, -0.2) is 17.6 Å². The van der Waals surface area contributed by atoms with Crippen molar-refractivity contribution < 1.29 is 17.6 Å². The van der Waals surface area contributed by atoms with Gasteiger partial charge in [-0.15, -0.1) is 0 Å². The Morgan fingerprint density at radius 1 is 1.00 bits per heavy atom. The lowest BCUT2D eigenvalue weighted by atomic mass is 9.98. The normalized spacial score (nSPS) is 12.4. The van der Waals surface area contributed by atoms with Crippen LogP contribution in [0.3, 0.4) is 0 Å². The van der Waals surface area contributed by atoms with Gasteiger partial charge in [-0.3, -0.25) is 0 Å². The summed E-state index contributed by atoms with van der Waals surface area (Å²) in [5.74, 6) is -4.35. The van der Waals surface area contributed by atoms with E-state index < -0.39 is 23.5 Å². The molecular formula is C15H13F4N. The van der Waals surface area contributed by atoms with E-state index in [1.165, 1.54) is 12.1 Å². The van der Waals surface area contributed by atoms with Crippen LogP contribution < -0.4 is 5.32 Å². The molecule has 0 aliphatic heterocycles. The van der Waals surface area contributed by atoms with E-state index in [0.717, 1.165) is 12.1 Å². The highest BCUT2D eigenvalue weighted by atomic mass is 19.2. The summed E-state index contributed by atoms with van der Waals surface area (Å²) in [4.78, 5) is 0. The Morgan fingerprint density at radius 3 is 2.20 bits per heavy atom. The topological polar surface area (TPSA) is 12.0 Å². The maximum atomic E-state index is 13.2. The molecule has 0 amide bonds. The number of hydrogen-bond acceptors (Lipinski definition) is 1. The van der Waals surface area contributed by atoms with Crippen LogP contribution in [0.4, 0.5) is 17.6 Å². The number of halogens is 4. The molecule has 1 nitrogen and oxygen atoms in total.